The first-order valence-corrected chi connectivity index (χ1v) is 6.36. The second kappa shape index (κ2) is 6.38. The van der Waals surface area contributed by atoms with Crippen LogP contribution in [0, 0.1) is 0 Å². The molecule has 1 aliphatic heterocycles. The van der Waals surface area contributed by atoms with Crippen molar-refractivity contribution in [2.45, 2.75) is 12.5 Å². The fourth-order valence-electron chi connectivity index (χ4n) is 2.15. The summed E-state index contributed by atoms with van der Waals surface area (Å²) in [6, 6.07) is 7.29. The number of carbonyl (C=O) groups excluding carboxylic acids is 1. The monoisotopic (exact) mass is 279 g/mol. The molecule has 1 saturated heterocycles. The van der Waals surface area contributed by atoms with Crippen molar-refractivity contribution in [2.75, 3.05) is 26.8 Å². The fourth-order valence-corrected chi connectivity index (χ4v) is 2.15. The smallest absolute Gasteiger partial charge is 0.334 e. The predicted molar refractivity (Wildman–Crippen MR) is 70.7 cm³/mol. The van der Waals surface area contributed by atoms with E-state index in [2.05, 4.69) is 0 Å². The second-order valence-corrected chi connectivity index (χ2v) is 4.53. The van der Waals surface area contributed by atoms with Crippen LogP contribution in [0.25, 0.3) is 0 Å². The molecule has 1 unspecified atom stereocenters. The van der Waals surface area contributed by atoms with Crippen LogP contribution in [-0.2, 0) is 20.7 Å². The van der Waals surface area contributed by atoms with Gasteiger partial charge in [0.2, 0.25) is 5.91 Å². The zero-order valence-electron chi connectivity index (χ0n) is 11.2. The maximum absolute atomic E-state index is 12.2. The van der Waals surface area contributed by atoms with Gasteiger partial charge in [-0.05, 0) is 6.07 Å². The van der Waals surface area contributed by atoms with Crippen molar-refractivity contribution in [3.8, 4) is 5.75 Å². The molecule has 1 amide bonds. The molecule has 0 saturated carbocycles. The summed E-state index contributed by atoms with van der Waals surface area (Å²) in [5.74, 6) is -0.507. The second-order valence-electron chi connectivity index (χ2n) is 4.53. The molecule has 20 heavy (non-hydrogen) atoms. The van der Waals surface area contributed by atoms with Gasteiger partial charge in [-0.25, -0.2) is 4.79 Å². The van der Waals surface area contributed by atoms with Crippen LogP contribution in [0.3, 0.4) is 0 Å². The number of benzene rings is 1. The number of rotatable bonds is 4. The van der Waals surface area contributed by atoms with E-state index in [0.717, 1.165) is 5.56 Å². The molecule has 0 aromatic heterocycles. The van der Waals surface area contributed by atoms with Crippen LogP contribution < -0.4 is 4.74 Å². The zero-order chi connectivity index (χ0) is 14.5. The topological polar surface area (TPSA) is 76.1 Å². The van der Waals surface area contributed by atoms with Crippen LogP contribution in [0.5, 0.6) is 5.75 Å². The van der Waals surface area contributed by atoms with Crippen LogP contribution in [0.15, 0.2) is 24.3 Å². The van der Waals surface area contributed by atoms with E-state index < -0.39 is 12.1 Å². The van der Waals surface area contributed by atoms with Gasteiger partial charge in [-0.1, -0.05) is 18.2 Å². The molecular weight excluding hydrogens is 262 g/mol. The Kier molecular flexibility index (Phi) is 4.57. The standard InChI is InChI=1S/C14H17NO5/c1-19-11-5-3-2-4-10(11)8-13(16)15-6-7-20-12(9-15)14(17)18/h2-5,12H,6-9H2,1H3,(H,17,18). The van der Waals surface area contributed by atoms with Gasteiger partial charge in [-0.15, -0.1) is 0 Å². The molecule has 1 aromatic rings. The molecule has 6 nitrogen and oxygen atoms in total. The summed E-state index contributed by atoms with van der Waals surface area (Å²) in [6.07, 6.45) is -0.749. The predicted octanol–water partition coefficient (Wildman–Crippen LogP) is 0.550. The van der Waals surface area contributed by atoms with Crippen molar-refractivity contribution < 1.29 is 24.2 Å². The van der Waals surface area contributed by atoms with Crippen molar-refractivity contribution in [1.82, 2.24) is 4.90 Å². The molecule has 1 atom stereocenters. The number of carboxylic acids is 1. The summed E-state index contributed by atoms with van der Waals surface area (Å²) in [5.41, 5.74) is 0.790. The van der Waals surface area contributed by atoms with Crippen molar-refractivity contribution in [1.29, 1.82) is 0 Å². The minimum Gasteiger partial charge on any atom is -0.496 e. The van der Waals surface area contributed by atoms with Crippen LogP contribution in [0.1, 0.15) is 5.56 Å². The van der Waals surface area contributed by atoms with Gasteiger partial charge in [0, 0.05) is 12.1 Å². The molecule has 1 N–H and O–H groups in total. The lowest BCUT2D eigenvalue weighted by Gasteiger charge is -2.31. The number of carbonyl (C=O) groups is 2. The van der Waals surface area contributed by atoms with Crippen LogP contribution >= 0.6 is 0 Å². The number of ether oxygens (including phenoxy) is 2. The minimum absolute atomic E-state index is 0.0866. The van der Waals surface area contributed by atoms with Gasteiger partial charge in [0.1, 0.15) is 5.75 Å². The number of hydrogen-bond donors (Lipinski definition) is 1. The first-order valence-electron chi connectivity index (χ1n) is 6.36. The number of amides is 1. The summed E-state index contributed by atoms with van der Waals surface area (Å²) < 4.78 is 10.3. The van der Waals surface area contributed by atoms with Crippen LogP contribution in [0.2, 0.25) is 0 Å². The molecule has 0 spiro atoms. The number of methoxy groups -OCH3 is 1. The quantitative estimate of drug-likeness (QED) is 0.871. The fraction of sp³-hybridized carbons (Fsp3) is 0.429. The van der Waals surface area contributed by atoms with Gasteiger partial charge in [-0.3, -0.25) is 4.79 Å². The average Bonchev–Trinajstić information content (AvgIpc) is 2.48. The number of carboxylic acid groups (broad SMARTS) is 1. The van der Waals surface area contributed by atoms with Crippen molar-refractivity contribution in [3.63, 3.8) is 0 Å². The summed E-state index contributed by atoms with van der Waals surface area (Å²) in [4.78, 5) is 24.6. The van der Waals surface area contributed by atoms with E-state index in [1.807, 2.05) is 18.2 Å². The van der Waals surface area contributed by atoms with E-state index in [0.29, 0.717) is 12.3 Å². The number of hydrogen-bond acceptors (Lipinski definition) is 4. The van der Waals surface area contributed by atoms with Gasteiger partial charge >= 0.3 is 5.97 Å². The Morgan fingerprint density at radius 3 is 2.90 bits per heavy atom. The largest absolute Gasteiger partial charge is 0.496 e. The van der Waals surface area contributed by atoms with E-state index in [9.17, 15) is 9.59 Å². The Labute approximate surface area is 116 Å². The molecule has 6 heteroatoms. The molecule has 0 bridgehead atoms. The summed E-state index contributed by atoms with van der Waals surface area (Å²) in [6.45, 7) is 0.746. The van der Waals surface area contributed by atoms with Crippen molar-refractivity contribution in [3.05, 3.63) is 29.8 Å². The lowest BCUT2D eigenvalue weighted by atomic mass is 10.1. The van der Waals surface area contributed by atoms with Gasteiger partial charge in [-0.2, -0.15) is 0 Å². The lowest BCUT2D eigenvalue weighted by molar-refractivity contribution is -0.159. The third-order valence-electron chi connectivity index (χ3n) is 3.23. The molecule has 1 aliphatic rings. The number of aliphatic carboxylic acids is 1. The van der Waals surface area contributed by atoms with Crippen molar-refractivity contribution in [2.24, 2.45) is 0 Å². The zero-order valence-corrected chi connectivity index (χ0v) is 11.2. The van der Waals surface area contributed by atoms with Gasteiger partial charge in [0.05, 0.1) is 26.7 Å². The summed E-state index contributed by atoms with van der Waals surface area (Å²) in [5, 5.41) is 8.93. The van der Waals surface area contributed by atoms with Crippen LogP contribution in [0.4, 0.5) is 0 Å². The molecule has 0 radical (unpaired) electrons. The highest BCUT2D eigenvalue weighted by Crippen LogP contribution is 2.19. The van der Waals surface area contributed by atoms with E-state index in [1.165, 1.54) is 4.90 Å². The number of para-hydroxylation sites is 1. The van der Waals surface area contributed by atoms with E-state index in [4.69, 9.17) is 14.6 Å². The molecular formula is C14H17NO5. The molecule has 0 aliphatic carbocycles. The summed E-state index contributed by atoms with van der Waals surface area (Å²) >= 11 is 0. The number of nitrogens with zero attached hydrogens (tertiary/aromatic N) is 1. The molecule has 1 aromatic carbocycles. The first-order chi connectivity index (χ1) is 9.61. The third kappa shape index (κ3) is 3.27. The molecule has 1 fully saturated rings. The van der Waals surface area contributed by atoms with Gasteiger partial charge in [0.25, 0.3) is 0 Å². The van der Waals surface area contributed by atoms with Gasteiger partial charge in [0.15, 0.2) is 6.10 Å². The molecule has 1 heterocycles. The molecule has 108 valence electrons. The molecule has 2 rings (SSSR count). The highest BCUT2D eigenvalue weighted by atomic mass is 16.5. The van der Waals surface area contributed by atoms with Crippen molar-refractivity contribution >= 4 is 11.9 Å². The average molecular weight is 279 g/mol. The minimum atomic E-state index is -1.04. The summed E-state index contributed by atoms with van der Waals surface area (Å²) in [7, 11) is 1.55. The normalized spacial score (nSPS) is 18.6. The van der Waals surface area contributed by atoms with Crippen LogP contribution in [-0.4, -0.2) is 54.8 Å². The maximum Gasteiger partial charge on any atom is 0.334 e. The van der Waals surface area contributed by atoms with E-state index >= 15 is 0 Å². The Balaban J connectivity index is 2.02. The Bertz CT molecular complexity index is 502. The SMILES string of the molecule is COc1ccccc1CC(=O)N1CCOC(C(=O)O)C1. The maximum atomic E-state index is 12.2. The Morgan fingerprint density at radius 2 is 2.20 bits per heavy atom. The Hall–Kier alpha value is -2.08. The van der Waals surface area contributed by atoms with Gasteiger partial charge < -0.3 is 19.5 Å². The van der Waals surface area contributed by atoms with E-state index in [1.54, 1.807) is 13.2 Å². The number of morpholine rings is 1. The highest BCUT2D eigenvalue weighted by Gasteiger charge is 2.29. The highest BCUT2D eigenvalue weighted by molar-refractivity contribution is 5.81. The third-order valence-corrected chi connectivity index (χ3v) is 3.23. The first kappa shape index (κ1) is 14.3. The Morgan fingerprint density at radius 1 is 1.45 bits per heavy atom. The lowest BCUT2D eigenvalue weighted by Crippen LogP contribution is -2.49. The van der Waals surface area contributed by atoms with E-state index in [-0.39, 0.29) is 25.5 Å².